The van der Waals surface area contributed by atoms with Crippen LogP contribution in [0, 0.1) is 20.8 Å². The molecular weight excluding hydrogens is 430 g/mol. The van der Waals surface area contributed by atoms with Crippen molar-refractivity contribution in [1.29, 1.82) is 0 Å². The summed E-state index contributed by atoms with van der Waals surface area (Å²) in [4.78, 5) is 18.5. The van der Waals surface area contributed by atoms with E-state index in [-0.39, 0.29) is 5.56 Å². The number of aryl methyl sites for hydroxylation is 3. The van der Waals surface area contributed by atoms with Crippen molar-refractivity contribution >= 4 is 38.3 Å². The third kappa shape index (κ3) is 3.74. The second-order valence-electron chi connectivity index (χ2n) is 8.22. The van der Waals surface area contributed by atoms with Gasteiger partial charge in [0.1, 0.15) is 12.4 Å². The number of rotatable bonds is 5. The van der Waals surface area contributed by atoms with E-state index in [2.05, 4.69) is 26.0 Å². The highest BCUT2D eigenvalue weighted by Crippen LogP contribution is 2.41. The third-order valence-electron chi connectivity index (χ3n) is 5.95. The summed E-state index contributed by atoms with van der Waals surface area (Å²) in [6.07, 6.45) is 0. The Bertz CT molecular complexity index is 1520. The first-order valence-corrected chi connectivity index (χ1v) is 11.6. The first-order chi connectivity index (χ1) is 15.9. The predicted octanol–water partition coefficient (Wildman–Crippen LogP) is 7.32. The molecule has 0 aliphatic carbocycles. The van der Waals surface area contributed by atoms with Gasteiger partial charge in [-0.25, -0.2) is 9.78 Å². The van der Waals surface area contributed by atoms with Gasteiger partial charge in [0.2, 0.25) is 0 Å². The lowest BCUT2D eigenvalue weighted by molar-refractivity contribution is 0.0698. The van der Waals surface area contributed by atoms with E-state index in [0.29, 0.717) is 29.0 Å². The summed E-state index contributed by atoms with van der Waals surface area (Å²) >= 11 is 1.71. The molecule has 0 atom stereocenters. The van der Waals surface area contributed by atoms with Crippen molar-refractivity contribution in [3.63, 3.8) is 0 Å². The standard InChI is InChI=1S/C28H23NO3S/c1-16-8-7-11-23-24(16)25(18(3)33-23)21-14-20(28(30)31)26-22(13-12-17(2)27(26)29-21)32-15-19-9-5-4-6-10-19/h4-14H,15H2,1-3H3,(H,30,31). The molecule has 4 nitrogen and oxygen atoms in total. The molecule has 0 aliphatic rings. The lowest BCUT2D eigenvalue weighted by Crippen LogP contribution is -2.04. The van der Waals surface area contributed by atoms with E-state index in [1.807, 2.05) is 55.5 Å². The van der Waals surface area contributed by atoms with E-state index in [1.54, 1.807) is 17.4 Å². The number of hydrogen-bond acceptors (Lipinski definition) is 4. The van der Waals surface area contributed by atoms with Crippen LogP contribution in [0.1, 0.15) is 31.9 Å². The molecule has 2 aromatic heterocycles. The Hall–Kier alpha value is -3.70. The fraction of sp³-hybridized carbons (Fsp3) is 0.143. The van der Waals surface area contributed by atoms with Crippen LogP contribution >= 0.6 is 11.3 Å². The number of aromatic nitrogens is 1. The molecule has 0 fully saturated rings. The van der Waals surface area contributed by atoms with Crippen LogP contribution in [-0.2, 0) is 6.61 Å². The molecule has 0 radical (unpaired) electrons. The first-order valence-electron chi connectivity index (χ1n) is 10.8. The Morgan fingerprint density at radius 3 is 2.48 bits per heavy atom. The van der Waals surface area contributed by atoms with Crippen LogP contribution in [0.5, 0.6) is 5.75 Å². The van der Waals surface area contributed by atoms with Crippen molar-refractivity contribution in [2.75, 3.05) is 0 Å². The minimum atomic E-state index is -0.993. The molecule has 164 valence electrons. The van der Waals surface area contributed by atoms with E-state index in [4.69, 9.17) is 9.72 Å². The van der Waals surface area contributed by atoms with Gasteiger partial charge in [-0.15, -0.1) is 11.3 Å². The largest absolute Gasteiger partial charge is 0.488 e. The fourth-order valence-corrected chi connectivity index (χ4v) is 5.49. The zero-order valence-electron chi connectivity index (χ0n) is 18.7. The minimum absolute atomic E-state index is 0.203. The highest BCUT2D eigenvalue weighted by Gasteiger charge is 2.21. The van der Waals surface area contributed by atoms with E-state index in [0.717, 1.165) is 32.5 Å². The number of ether oxygens (including phenoxy) is 1. The average molecular weight is 454 g/mol. The summed E-state index contributed by atoms with van der Waals surface area (Å²) in [5, 5.41) is 11.8. The van der Waals surface area contributed by atoms with Crippen LogP contribution in [0.4, 0.5) is 0 Å². The second kappa shape index (κ2) is 8.34. The zero-order valence-corrected chi connectivity index (χ0v) is 19.5. The SMILES string of the molecule is Cc1sc2cccc(C)c2c1-c1cc(C(=O)O)c2c(OCc3ccccc3)ccc(C)c2n1. The van der Waals surface area contributed by atoms with E-state index in [9.17, 15) is 9.90 Å². The Morgan fingerprint density at radius 2 is 1.73 bits per heavy atom. The zero-order chi connectivity index (χ0) is 23.1. The molecule has 5 rings (SSSR count). The molecule has 0 bridgehead atoms. The van der Waals surface area contributed by atoms with E-state index in [1.165, 1.54) is 4.70 Å². The molecule has 0 amide bonds. The summed E-state index contributed by atoms with van der Waals surface area (Å²) in [5.41, 5.74) is 5.63. The number of thiophene rings is 1. The molecule has 0 aliphatic heterocycles. The van der Waals surface area contributed by atoms with Gasteiger partial charge in [0.15, 0.2) is 0 Å². The van der Waals surface area contributed by atoms with Crippen molar-refractivity contribution in [1.82, 2.24) is 4.98 Å². The van der Waals surface area contributed by atoms with Crippen molar-refractivity contribution in [2.45, 2.75) is 27.4 Å². The van der Waals surface area contributed by atoms with Crippen LogP contribution < -0.4 is 4.74 Å². The molecule has 0 saturated heterocycles. The lowest BCUT2D eigenvalue weighted by atomic mass is 9.98. The highest BCUT2D eigenvalue weighted by molar-refractivity contribution is 7.19. The number of carboxylic acid groups (broad SMARTS) is 1. The normalized spacial score (nSPS) is 11.2. The summed E-state index contributed by atoms with van der Waals surface area (Å²) in [6, 6.07) is 21.5. The molecule has 33 heavy (non-hydrogen) atoms. The Balaban J connectivity index is 1.73. The van der Waals surface area contributed by atoms with Crippen LogP contribution in [0.15, 0.2) is 66.7 Å². The summed E-state index contributed by atoms with van der Waals surface area (Å²) in [7, 11) is 0. The topological polar surface area (TPSA) is 59.4 Å². The molecule has 5 heteroatoms. The van der Waals surface area contributed by atoms with E-state index < -0.39 is 5.97 Å². The van der Waals surface area contributed by atoms with Gasteiger partial charge in [-0.3, -0.25) is 0 Å². The van der Waals surface area contributed by atoms with Crippen molar-refractivity contribution in [3.05, 3.63) is 93.9 Å². The predicted molar refractivity (Wildman–Crippen MR) is 135 cm³/mol. The number of benzene rings is 3. The van der Waals surface area contributed by atoms with Gasteiger partial charge in [0, 0.05) is 20.5 Å². The van der Waals surface area contributed by atoms with Gasteiger partial charge >= 0.3 is 5.97 Å². The number of hydrogen-bond donors (Lipinski definition) is 1. The molecular formula is C28H23NO3S. The maximum absolute atomic E-state index is 12.4. The van der Waals surface area contributed by atoms with Gasteiger partial charge in [-0.05, 0) is 55.7 Å². The molecule has 3 aromatic carbocycles. The van der Waals surface area contributed by atoms with Crippen LogP contribution in [0.25, 0.3) is 32.2 Å². The molecule has 0 unspecified atom stereocenters. The van der Waals surface area contributed by atoms with Crippen molar-refractivity contribution in [3.8, 4) is 17.0 Å². The van der Waals surface area contributed by atoms with Crippen LogP contribution in [0.3, 0.4) is 0 Å². The van der Waals surface area contributed by atoms with Crippen LogP contribution in [-0.4, -0.2) is 16.1 Å². The Kier molecular flexibility index (Phi) is 5.35. The second-order valence-corrected chi connectivity index (χ2v) is 9.48. The molecule has 1 N–H and O–H groups in total. The first kappa shape index (κ1) is 21.2. The van der Waals surface area contributed by atoms with Crippen LogP contribution in [0.2, 0.25) is 0 Å². The lowest BCUT2D eigenvalue weighted by Gasteiger charge is -2.15. The summed E-state index contributed by atoms with van der Waals surface area (Å²) in [6.45, 7) is 6.46. The van der Waals surface area contributed by atoms with Gasteiger partial charge in [-0.2, -0.15) is 0 Å². The average Bonchev–Trinajstić information content (AvgIpc) is 3.16. The maximum atomic E-state index is 12.4. The monoisotopic (exact) mass is 453 g/mol. The third-order valence-corrected chi connectivity index (χ3v) is 7.02. The number of carbonyl (C=O) groups is 1. The highest BCUT2D eigenvalue weighted by atomic mass is 32.1. The Morgan fingerprint density at radius 1 is 0.939 bits per heavy atom. The number of pyridine rings is 1. The molecule has 2 heterocycles. The minimum Gasteiger partial charge on any atom is -0.488 e. The molecule has 0 saturated carbocycles. The number of fused-ring (bicyclic) bond motifs is 2. The fourth-order valence-electron chi connectivity index (χ4n) is 4.34. The molecule has 5 aromatic rings. The summed E-state index contributed by atoms with van der Waals surface area (Å²) in [5.74, 6) is -0.466. The number of nitrogens with zero attached hydrogens (tertiary/aromatic N) is 1. The summed E-state index contributed by atoms with van der Waals surface area (Å²) < 4.78 is 7.27. The quantitative estimate of drug-likeness (QED) is 0.303. The Labute approximate surface area is 196 Å². The number of aromatic carboxylic acids is 1. The van der Waals surface area contributed by atoms with Gasteiger partial charge in [-0.1, -0.05) is 48.5 Å². The maximum Gasteiger partial charge on any atom is 0.336 e. The van der Waals surface area contributed by atoms with Crippen molar-refractivity contribution < 1.29 is 14.6 Å². The number of carboxylic acids is 1. The van der Waals surface area contributed by atoms with Gasteiger partial charge < -0.3 is 9.84 Å². The van der Waals surface area contributed by atoms with Gasteiger partial charge in [0.05, 0.1) is 22.2 Å². The van der Waals surface area contributed by atoms with Crippen molar-refractivity contribution in [2.24, 2.45) is 0 Å². The molecule has 0 spiro atoms. The van der Waals surface area contributed by atoms with Gasteiger partial charge in [0.25, 0.3) is 0 Å². The van der Waals surface area contributed by atoms with E-state index >= 15 is 0 Å². The smallest absolute Gasteiger partial charge is 0.336 e.